The van der Waals surface area contributed by atoms with Crippen LogP contribution in [0.3, 0.4) is 0 Å². The van der Waals surface area contributed by atoms with Crippen LogP contribution in [0.1, 0.15) is 54.9 Å². The molecule has 1 nitrogen and oxygen atoms in total. The van der Waals surface area contributed by atoms with Crippen molar-refractivity contribution in [1.82, 2.24) is 0 Å². The topological polar surface area (TPSA) is 17.1 Å². The number of Topliss-reactive ketones (excluding diaryl/α,β-unsaturated/α-hetero) is 1. The first-order chi connectivity index (χ1) is 9.66. The van der Waals surface area contributed by atoms with Crippen LogP contribution in [0.2, 0.25) is 0 Å². The van der Waals surface area contributed by atoms with Crippen molar-refractivity contribution in [3.8, 4) is 0 Å². The van der Waals surface area contributed by atoms with Crippen LogP contribution < -0.4 is 0 Å². The van der Waals surface area contributed by atoms with Crippen LogP contribution in [0.4, 0.5) is 0 Å². The second kappa shape index (κ2) is 6.15. The Morgan fingerprint density at radius 3 is 2.55 bits per heavy atom. The van der Waals surface area contributed by atoms with Crippen LogP contribution >= 0.6 is 23.5 Å². The van der Waals surface area contributed by atoms with Crippen molar-refractivity contribution in [2.45, 2.75) is 54.8 Å². The number of carbonyl (C=O) groups excluding carboxylic acids is 1. The summed E-state index contributed by atoms with van der Waals surface area (Å²) in [4.78, 5) is 12.9. The van der Waals surface area contributed by atoms with Gasteiger partial charge >= 0.3 is 0 Å². The van der Waals surface area contributed by atoms with Crippen LogP contribution in [0, 0.1) is 0 Å². The van der Waals surface area contributed by atoms with Crippen LogP contribution in [-0.2, 0) is 0 Å². The Bertz CT molecular complexity index is 496. The van der Waals surface area contributed by atoms with E-state index in [-0.39, 0.29) is 5.25 Å². The summed E-state index contributed by atoms with van der Waals surface area (Å²) >= 11 is 3.82. The van der Waals surface area contributed by atoms with Gasteiger partial charge in [0.05, 0.1) is 5.25 Å². The summed E-state index contributed by atoms with van der Waals surface area (Å²) in [6, 6.07) is 8.31. The first-order valence-corrected chi connectivity index (χ1v) is 9.56. The number of hydrogen-bond acceptors (Lipinski definition) is 3. The fourth-order valence-corrected chi connectivity index (χ4v) is 5.76. The summed E-state index contributed by atoms with van der Waals surface area (Å²) in [6.07, 6.45) is 3.82. The molecule has 0 bridgehead atoms. The zero-order valence-electron chi connectivity index (χ0n) is 12.2. The SMILES string of the molecule is CC1SCC(C(=O)c2ccccc2C2CCC2)SC1C. The highest BCUT2D eigenvalue weighted by Gasteiger charge is 2.33. The van der Waals surface area contributed by atoms with Crippen LogP contribution in [0.25, 0.3) is 0 Å². The van der Waals surface area contributed by atoms with Gasteiger partial charge in [0.2, 0.25) is 0 Å². The molecule has 3 heteroatoms. The third kappa shape index (κ3) is 2.80. The highest BCUT2D eigenvalue weighted by atomic mass is 32.2. The first-order valence-electron chi connectivity index (χ1n) is 7.57. The summed E-state index contributed by atoms with van der Waals surface area (Å²) in [5.41, 5.74) is 2.30. The molecule has 1 aromatic carbocycles. The molecule has 1 aliphatic carbocycles. The minimum absolute atomic E-state index is 0.146. The van der Waals surface area contributed by atoms with E-state index in [2.05, 4.69) is 26.0 Å². The molecule has 1 aromatic rings. The molecule has 2 aliphatic rings. The molecule has 3 atom stereocenters. The monoisotopic (exact) mass is 306 g/mol. The van der Waals surface area contributed by atoms with E-state index >= 15 is 0 Å². The van der Waals surface area contributed by atoms with E-state index in [1.165, 1.54) is 24.8 Å². The minimum atomic E-state index is 0.146. The third-order valence-electron chi connectivity index (χ3n) is 4.61. The van der Waals surface area contributed by atoms with E-state index < -0.39 is 0 Å². The maximum Gasteiger partial charge on any atom is 0.176 e. The average molecular weight is 306 g/mol. The fraction of sp³-hybridized carbons (Fsp3) is 0.588. The van der Waals surface area contributed by atoms with Crippen molar-refractivity contribution < 1.29 is 4.79 Å². The van der Waals surface area contributed by atoms with Crippen molar-refractivity contribution in [3.05, 3.63) is 35.4 Å². The molecule has 3 unspecified atom stereocenters. The molecule has 1 saturated carbocycles. The molecule has 1 aliphatic heterocycles. The van der Waals surface area contributed by atoms with E-state index in [0.29, 0.717) is 22.2 Å². The number of ketones is 1. The van der Waals surface area contributed by atoms with Crippen molar-refractivity contribution in [1.29, 1.82) is 0 Å². The summed E-state index contributed by atoms with van der Waals surface area (Å²) in [5, 5.41) is 1.37. The third-order valence-corrected chi connectivity index (χ3v) is 8.00. The van der Waals surface area contributed by atoms with E-state index in [9.17, 15) is 4.79 Å². The summed E-state index contributed by atoms with van der Waals surface area (Å²) in [6.45, 7) is 4.52. The quantitative estimate of drug-likeness (QED) is 0.749. The molecule has 20 heavy (non-hydrogen) atoms. The molecule has 108 valence electrons. The maximum atomic E-state index is 12.9. The zero-order chi connectivity index (χ0) is 14.1. The normalized spacial score (nSPS) is 30.8. The lowest BCUT2D eigenvalue weighted by atomic mass is 9.77. The van der Waals surface area contributed by atoms with Gasteiger partial charge in [0.15, 0.2) is 5.78 Å². The van der Waals surface area contributed by atoms with E-state index in [0.717, 1.165) is 11.3 Å². The standard InChI is InChI=1S/C17H22OS2/c1-11-12(2)20-16(10-19-11)17(18)15-9-4-3-8-14(15)13-6-5-7-13/h3-4,8-9,11-13,16H,5-7,10H2,1-2H3. The van der Waals surface area contributed by atoms with Gasteiger partial charge in [0.25, 0.3) is 0 Å². The Hall–Kier alpha value is -0.410. The lowest BCUT2D eigenvalue weighted by molar-refractivity contribution is 0.0992. The second-order valence-corrected chi connectivity index (χ2v) is 8.94. The molecular weight excluding hydrogens is 284 g/mol. The summed E-state index contributed by atoms with van der Waals surface area (Å²) in [7, 11) is 0. The number of benzene rings is 1. The predicted octanol–water partition coefficient (Wildman–Crippen LogP) is 4.76. The summed E-state index contributed by atoms with van der Waals surface area (Å²) in [5.74, 6) is 1.96. The minimum Gasteiger partial charge on any atom is -0.293 e. The second-order valence-electron chi connectivity index (χ2n) is 5.95. The number of rotatable bonds is 3. The van der Waals surface area contributed by atoms with Gasteiger partial charge in [-0.15, -0.1) is 11.8 Å². The Labute approximate surface area is 130 Å². The number of hydrogen-bond donors (Lipinski definition) is 0. The summed E-state index contributed by atoms with van der Waals surface area (Å²) < 4.78 is 0. The van der Waals surface area contributed by atoms with Gasteiger partial charge in [0, 0.05) is 21.8 Å². The smallest absolute Gasteiger partial charge is 0.176 e. The molecular formula is C17H22OS2. The molecule has 3 rings (SSSR count). The van der Waals surface area contributed by atoms with Crippen LogP contribution in [0.15, 0.2) is 24.3 Å². The average Bonchev–Trinajstić information content (AvgIpc) is 2.40. The Kier molecular flexibility index (Phi) is 4.46. The highest BCUT2D eigenvalue weighted by molar-refractivity contribution is 8.08. The maximum absolute atomic E-state index is 12.9. The molecule has 0 spiro atoms. The lowest BCUT2D eigenvalue weighted by Gasteiger charge is -2.32. The molecule has 0 amide bonds. The van der Waals surface area contributed by atoms with Crippen LogP contribution in [0.5, 0.6) is 0 Å². The Morgan fingerprint density at radius 2 is 1.90 bits per heavy atom. The highest BCUT2D eigenvalue weighted by Crippen LogP contribution is 2.41. The lowest BCUT2D eigenvalue weighted by Crippen LogP contribution is -2.32. The largest absolute Gasteiger partial charge is 0.293 e. The predicted molar refractivity (Wildman–Crippen MR) is 90.1 cm³/mol. The van der Waals surface area contributed by atoms with Gasteiger partial charge < -0.3 is 0 Å². The van der Waals surface area contributed by atoms with Gasteiger partial charge in [-0.05, 0) is 24.3 Å². The number of carbonyl (C=O) groups is 1. The van der Waals surface area contributed by atoms with E-state index in [4.69, 9.17) is 0 Å². The molecule has 1 saturated heterocycles. The van der Waals surface area contributed by atoms with Gasteiger partial charge in [-0.2, -0.15) is 11.8 Å². The van der Waals surface area contributed by atoms with Crippen molar-refractivity contribution in [2.75, 3.05) is 5.75 Å². The Morgan fingerprint density at radius 1 is 1.15 bits per heavy atom. The van der Waals surface area contributed by atoms with E-state index in [1.54, 1.807) is 0 Å². The van der Waals surface area contributed by atoms with Crippen LogP contribution in [-0.4, -0.2) is 27.3 Å². The fourth-order valence-electron chi connectivity index (χ4n) is 2.89. The first kappa shape index (κ1) is 14.5. The van der Waals surface area contributed by atoms with Gasteiger partial charge in [-0.3, -0.25) is 4.79 Å². The van der Waals surface area contributed by atoms with Gasteiger partial charge in [-0.1, -0.05) is 44.5 Å². The van der Waals surface area contributed by atoms with Crippen molar-refractivity contribution in [2.24, 2.45) is 0 Å². The van der Waals surface area contributed by atoms with Crippen molar-refractivity contribution >= 4 is 29.3 Å². The van der Waals surface area contributed by atoms with E-state index in [1.807, 2.05) is 35.7 Å². The van der Waals surface area contributed by atoms with Gasteiger partial charge in [-0.25, -0.2) is 0 Å². The number of thioether (sulfide) groups is 2. The molecule has 0 aromatic heterocycles. The van der Waals surface area contributed by atoms with Crippen molar-refractivity contribution in [3.63, 3.8) is 0 Å². The molecule has 0 radical (unpaired) electrons. The molecule has 0 N–H and O–H groups in total. The molecule has 2 fully saturated rings. The zero-order valence-corrected chi connectivity index (χ0v) is 13.8. The Balaban J connectivity index is 1.80. The molecule has 1 heterocycles. The van der Waals surface area contributed by atoms with Gasteiger partial charge in [0.1, 0.15) is 0 Å².